The Morgan fingerprint density at radius 2 is 1.91 bits per heavy atom. The zero-order chi connectivity index (χ0) is 32.8. The molecule has 0 saturated carbocycles. The Balaban J connectivity index is 1.25. The third-order valence-corrected chi connectivity index (χ3v) is 9.95. The number of alkyl halides is 2. The minimum atomic E-state index is -3.22. The normalized spacial score (nSPS) is 19.8. The number of nitrogens with zero attached hydrogens (tertiary/aromatic N) is 2. The van der Waals surface area contributed by atoms with Gasteiger partial charge < -0.3 is 29.3 Å². The molecule has 2 aromatic heterocycles. The Bertz CT molecular complexity index is 2080. The van der Waals surface area contributed by atoms with Crippen molar-refractivity contribution in [2.75, 3.05) is 32.5 Å². The second kappa shape index (κ2) is 10.6. The number of aromatic nitrogens is 1. The third-order valence-electron chi connectivity index (χ3n) is 8.95. The molecule has 10 nitrogen and oxygen atoms in total. The van der Waals surface area contributed by atoms with Crippen molar-refractivity contribution in [1.29, 1.82) is 0 Å². The monoisotopic (exact) mass is 669 g/mol. The van der Waals surface area contributed by atoms with E-state index in [4.69, 9.17) is 14.2 Å². The summed E-state index contributed by atoms with van der Waals surface area (Å²) in [7, 11) is 1.10. The first-order valence-corrected chi connectivity index (χ1v) is 15.4. The van der Waals surface area contributed by atoms with Crippen LogP contribution in [0.3, 0.4) is 0 Å². The van der Waals surface area contributed by atoms with Crippen LogP contribution in [0.25, 0.3) is 21.6 Å². The number of ether oxygens (including phenoxy) is 4. The number of carbonyl (C=O) groups is 2. The van der Waals surface area contributed by atoms with Gasteiger partial charge in [-0.15, -0.1) is 11.3 Å². The molecule has 1 N–H and O–H groups in total. The average molecular weight is 670 g/mol. The number of methoxy groups -OCH3 is 1. The molecule has 8 rings (SSSR count). The number of halogens is 4. The van der Waals surface area contributed by atoms with Gasteiger partial charge in [0.05, 0.1) is 13.7 Å². The molecule has 1 fully saturated rings. The van der Waals surface area contributed by atoms with Crippen LogP contribution in [-0.2, 0) is 33.0 Å². The van der Waals surface area contributed by atoms with Gasteiger partial charge in [-0.2, -0.15) is 0 Å². The van der Waals surface area contributed by atoms with E-state index in [2.05, 4.69) is 10.2 Å². The van der Waals surface area contributed by atoms with Crippen LogP contribution in [-0.4, -0.2) is 54.9 Å². The van der Waals surface area contributed by atoms with E-state index in [0.29, 0.717) is 27.8 Å². The van der Waals surface area contributed by atoms with Crippen LogP contribution in [0.2, 0.25) is 0 Å². The number of pyridine rings is 1. The summed E-state index contributed by atoms with van der Waals surface area (Å²) >= 11 is 0.959. The van der Waals surface area contributed by atoms with Crippen LogP contribution in [0.5, 0.6) is 5.75 Å². The number of carbonyl (C=O) groups excluding carboxylic acids is 2. The third kappa shape index (κ3) is 4.36. The summed E-state index contributed by atoms with van der Waals surface area (Å²) in [4.78, 5) is 39.7. The molecule has 4 heterocycles. The summed E-state index contributed by atoms with van der Waals surface area (Å²) in [5.74, 6) is -6.31. The molecule has 0 spiro atoms. The number of fused-ring (bicyclic) bond motifs is 4. The summed E-state index contributed by atoms with van der Waals surface area (Å²) in [6.07, 6.45) is -1.83. The van der Waals surface area contributed by atoms with Crippen molar-refractivity contribution in [2.24, 2.45) is 0 Å². The van der Waals surface area contributed by atoms with E-state index in [1.165, 1.54) is 33.3 Å². The first kappa shape index (κ1) is 29.5. The fourth-order valence-corrected chi connectivity index (χ4v) is 8.13. The molecular formula is C32H23F4N3O7S. The van der Waals surface area contributed by atoms with Crippen molar-refractivity contribution in [3.63, 3.8) is 0 Å². The van der Waals surface area contributed by atoms with E-state index in [1.54, 1.807) is 12.1 Å². The lowest BCUT2D eigenvalue weighted by molar-refractivity contribution is -0.0606. The molecule has 2 unspecified atom stereocenters. The van der Waals surface area contributed by atoms with Gasteiger partial charge in [-0.25, -0.2) is 22.4 Å². The molecule has 1 saturated heterocycles. The summed E-state index contributed by atoms with van der Waals surface area (Å²) in [6, 6.07) is 6.95. The van der Waals surface area contributed by atoms with Gasteiger partial charge in [-0.3, -0.25) is 14.3 Å². The van der Waals surface area contributed by atoms with Gasteiger partial charge in [0.1, 0.15) is 12.3 Å². The Hall–Kier alpha value is -4.89. The number of thiophene rings is 1. The number of nitrogens with one attached hydrogen (secondary N) is 1. The zero-order valence-electron chi connectivity index (χ0n) is 24.4. The molecule has 242 valence electrons. The number of rotatable bonds is 4. The van der Waals surface area contributed by atoms with Crippen molar-refractivity contribution in [2.45, 2.75) is 31.0 Å². The second-order valence-corrected chi connectivity index (χ2v) is 12.3. The Labute approximate surface area is 267 Å². The lowest BCUT2D eigenvalue weighted by atomic mass is 9.79. The molecule has 15 heteroatoms. The largest absolute Gasteiger partial charge is 0.510 e. The SMILES string of the molecule is COC(=O)OCOc1c2n(ccc1=O)NC1C(c3ccc4c5c3Cc3ccc(F)c(F)c3-c3scc(c3-5)C(F)(F)C4)OCCN1C2=O. The molecule has 1 amide bonds. The van der Waals surface area contributed by atoms with Crippen LogP contribution in [0.4, 0.5) is 22.4 Å². The van der Waals surface area contributed by atoms with Gasteiger partial charge in [0.2, 0.25) is 18.0 Å². The Kier molecular flexibility index (Phi) is 6.63. The van der Waals surface area contributed by atoms with Crippen molar-refractivity contribution >= 4 is 23.4 Å². The predicted molar refractivity (Wildman–Crippen MR) is 158 cm³/mol. The minimum absolute atomic E-state index is 0.0409. The highest BCUT2D eigenvalue weighted by molar-refractivity contribution is 7.14. The maximum absolute atomic E-state index is 15.5. The van der Waals surface area contributed by atoms with Crippen LogP contribution in [0.15, 0.2) is 46.7 Å². The summed E-state index contributed by atoms with van der Waals surface area (Å²) in [5, 5.41) is 1.32. The molecule has 2 atom stereocenters. The van der Waals surface area contributed by atoms with E-state index in [-0.39, 0.29) is 52.6 Å². The fourth-order valence-electron chi connectivity index (χ4n) is 6.93. The highest BCUT2D eigenvalue weighted by Crippen LogP contribution is 2.57. The first-order valence-electron chi connectivity index (χ1n) is 14.5. The standard InChI is InChI=1S/C32H23F4N3O7S/c1-43-31(42)46-13-45-27-20(40)6-7-39-25(27)30(41)38-8-9-44-26(29(38)37-39)16-4-2-15-11-32(35,36)18-12-47-28-22-14(3-5-19(33)24(22)34)10-17(16)21(15)23(18)28/h2-7,12,26,29,37H,8-11,13H2,1H3. The maximum Gasteiger partial charge on any atom is 0.510 e. The quantitative estimate of drug-likeness (QED) is 0.156. The molecule has 47 heavy (non-hydrogen) atoms. The van der Waals surface area contributed by atoms with Gasteiger partial charge in [0.15, 0.2) is 17.3 Å². The second-order valence-electron chi connectivity index (χ2n) is 11.4. The number of hydrogen-bond donors (Lipinski definition) is 1. The van der Waals surface area contributed by atoms with Gasteiger partial charge in [0, 0.05) is 52.2 Å². The van der Waals surface area contributed by atoms with Crippen molar-refractivity contribution < 1.29 is 46.1 Å². The van der Waals surface area contributed by atoms with Gasteiger partial charge >= 0.3 is 6.16 Å². The number of hydrogen-bond acceptors (Lipinski definition) is 9. The molecule has 4 aliphatic rings. The lowest BCUT2D eigenvalue weighted by Crippen LogP contribution is -2.60. The molecule has 2 aliphatic heterocycles. The van der Waals surface area contributed by atoms with Crippen LogP contribution < -0.4 is 15.6 Å². The predicted octanol–water partition coefficient (Wildman–Crippen LogP) is 5.29. The average Bonchev–Trinajstić information content (AvgIpc) is 3.43. The molecule has 2 aliphatic carbocycles. The highest BCUT2D eigenvalue weighted by Gasteiger charge is 2.47. The molecule has 2 aromatic carbocycles. The lowest BCUT2D eigenvalue weighted by Gasteiger charge is -2.46. The first-order chi connectivity index (χ1) is 22.6. The van der Waals surface area contributed by atoms with E-state index in [1.807, 2.05) is 0 Å². The Morgan fingerprint density at radius 3 is 2.72 bits per heavy atom. The van der Waals surface area contributed by atoms with Crippen LogP contribution in [0.1, 0.15) is 44.4 Å². The minimum Gasteiger partial charge on any atom is -0.451 e. The summed E-state index contributed by atoms with van der Waals surface area (Å²) in [5.41, 5.74) is 4.87. The van der Waals surface area contributed by atoms with E-state index >= 15 is 13.2 Å². The smallest absolute Gasteiger partial charge is 0.451 e. The summed E-state index contributed by atoms with van der Waals surface area (Å²) in [6.45, 7) is -0.461. The van der Waals surface area contributed by atoms with Gasteiger partial charge in [0.25, 0.3) is 11.8 Å². The number of benzene rings is 2. The van der Waals surface area contributed by atoms with Crippen LogP contribution in [0, 0.1) is 11.6 Å². The van der Waals surface area contributed by atoms with Crippen molar-refractivity contribution in [3.05, 3.63) is 97.3 Å². The van der Waals surface area contributed by atoms with Crippen molar-refractivity contribution in [1.82, 2.24) is 9.58 Å². The molecule has 4 aromatic rings. The molecule has 0 bridgehead atoms. The van der Waals surface area contributed by atoms with Crippen LogP contribution >= 0.6 is 11.3 Å². The maximum atomic E-state index is 15.5. The van der Waals surface area contributed by atoms with E-state index in [9.17, 15) is 18.8 Å². The summed E-state index contributed by atoms with van der Waals surface area (Å²) < 4.78 is 83.1. The zero-order valence-corrected chi connectivity index (χ0v) is 25.2. The molecular weight excluding hydrogens is 646 g/mol. The Morgan fingerprint density at radius 1 is 1.11 bits per heavy atom. The highest BCUT2D eigenvalue weighted by atomic mass is 32.1. The van der Waals surface area contributed by atoms with Crippen molar-refractivity contribution in [3.8, 4) is 27.3 Å². The van der Waals surface area contributed by atoms with E-state index < -0.39 is 60.5 Å². The van der Waals surface area contributed by atoms with E-state index in [0.717, 1.165) is 24.5 Å². The number of morpholine rings is 1. The topological polar surface area (TPSA) is 108 Å². The fraction of sp³-hybridized carbons (Fsp3) is 0.281. The molecule has 0 radical (unpaired) electrons. The van der Waals surface area contributed by atoms with Gasteiger partial charge in [-0.05, 0) is 40.3 Å². The number of amides is 1. The van der Waals surface area contributed by atoms with Gasteiger partial charge in [-0.1, -0.05) is 18.2 Å².